The summed E-state index contributed by atoms with van der Waals surface area (Å²) in [4.78, 5) is 25.0. The van der Waals surface area contributed by atoms with E-state index in [-0.39, 0.29) is 18.5 Å². The minimum atomic E-state index is -0.401. The molecule has 1 aromatic rings. The highest BCUT2D eigenvalue weighted by Gasteiger charge is 2.37. The molecular weight excluding hydrogens is 266 g/mol. The van der Waals surface area contributed by atoms with Crippen molar-refractivity contribution < 1.29 is 9.59 Å². The number of imide groups is 1. The molecule has 0 radical (unpaired) electrons. The number of carbonyl (C=O) groups excluding carboxylic acids is 2. The molecule has 1 aliphatic rings. The smallest absolute Gasteiger partial charge is 0.325 e. The molecule has 1 atom stereocenters. The lowest BCUT2D eigenvalue weighted by atomic mass is 10.1. The van der Waals surface area contributed by atoms with Crippen LogP contribution >= 0.6 is 11.6 Å². The first-order valence-corrected chi connectivity index (χ1v) is 6.56. The second-order valence-electron chi connectivity index (χ2n) is 4.57. The number of nitrogens with one attached hydrogen (secondary N) is 1. The van der Waals surface area contributed by atoms with Gasteiger partial charge in [0.25, 0.3) is 5.91 Å². The van der Waals surface area contributed by atoms with E-state index in [0.717, 1.165) is 12.0 Å². The number of rotatable bonds is 4. The third-order valence-electron chi connectivity index (χ3n) is 3.09. The highest BCUT2D eigenvalue weighted by atomic mass is 35.5. The lowest BCUT2D eigenvalue weighted by Gasteiger charge is -2.13. The van der Waals surface area contributed by atoms with E-state index in [1.54, 1.807) is 18.2 Å². The molecule has 19 heavy (non-hydrogen) atoms. The van der Waals surface area contributed by atoms with Gasteiger partial charge in [-0.25, -0.2) is 4.79 Å². The van der Waals surface area contributed by atoms with Gasteiger partial charge in [0.2, 0.25) is 0 Å². The van der Waals surface area contributed by atoms with Gasteiger partial charge in [-0.15, -0.1) is 0 Å². The van der Waals surface area contributed by atoms with E-state index in [9.17, 15) is 9.59 Å². The van der Waals surface area contributed by atoms with Gasteiger partial charge < -0.3 is 11.1 Å². The maximum Gasteiger partial charge on any atom is 0.325 e. The van der Waals surface area contributed by atoms with E-state index in [1.165, 1.54) is 4.90 Å². The Kier molecular flexibility index (Phi) is 3.95. The molecule has 1 heterocycles. The van der Waals surface area contributed by atoms with E-state index >= 15 is 0 Å². The van der Waals surface area contributed by atoms with Crippen molar-refractivity contribution >= 4 is 29.2 Å². The van der Waals surface area contributed by atoms with Gasteiger partial charge in [0, 0.05) is 0 Å². The van der Waals surface area contributed by atoms with Crippen molar-refractivity contribution in [3.63, 3.8) is 0 Å². The zero-order valence-corrected chi connectivity index (χ0v) is 11.4. The lowest BCUT2D eigenvalue weighted by molar-refractivity contribution is -0.128. The fourth-order valence-corrected chi connectivity index (χ4v) is 2.20. The van der Waals surface area contributed by atoms with E-state index in [1.807, 2.05) is 6.92 Å². The van der Waals surface area contributed by atoms with Crippen molar-refractivity contribution in [2.45, 2.75) is 32.4 Å². The molecule has 102 valence electrons. The summed E-state index contributed by atoms with van der Waals surface area (Å²) in [6, 6.07) is 4.34. The Hall–Kier alpha value is -1.75. The fraction of sp³-hybridized carbons (Fsp3) is 0.385. The third-order valence-corrected chi connectivity index (χ3v) is 3.43. The average Bonchev–Trinajstić information content (AvgIpc) is 2.62. The molecule has 0 saturated carbocycles. The number of nitrogens with zero attached hydrogens (tertiary/aromatic N) is 1. The molecule has 0 spiro atoms. The first-order valence-electron chi connectivity index (χ1n) is 6.18. The number of nitrogen functional groups attached to an aromatic ring is 1. The molecule has 1 aromatic carbocycles. The van der Waals surface area contributed by atoms with Gasteiger partial charge in [0.05, 0.1) is 17.3 Å². The van der Waals surface area contributed by atoms with E-state index in [4.69, 9.17) is 17.3 Å². The van der Waals surface area contributed by atoms with Gasteiger partial charge in [0.15, 0.2) is 0 Å². The van der Waals surface area contributed by atoms with Crippen molar-refractivity contribution in [2.75, 3.05) is 5.73 Å². The minimum Gasteiger partial charge on any atom is -0.398 e. The van der Waals surface area contributed by atoms with Crippen LogP contribution in [0, 0.1) is 0 Å². The molecular formula is C13H16ClN3O2. The van der Waals surface area contributed by atoms with Crippen molar-refractivity contribution in [1.82, 2.24) is 10.2 Å². The average molecular weight is 282 g/mol. The summed E-state index contributed by atoms with van der Waals surface area (Å²) in [6.07, 6.45) is 1.50. The molecule has 2 rings (SSSR count). The standard InChI is InChI=1S/C13H16ClN3O2/c1-2-3-11-12(18)17(13(19)16-11)7-8-4-5-9(14)10(15)6-8/h4-6,11H,2-3,7,15H2,1H3,(H,16,19). The Morgan fingerprint density at radius 1 is 1.42 bits per heavy atom. The summed E-state index contributed by atoms with van der Waals surface area (Å²) >= 11 is 5.83. The normalized spacial score (nSPS) is 18.8. The van der Waals surface area contributed by atoms with Gasteiger partial charge in [-0.3, -0.25) is 9.69 Å². The maximum absolute atomic E-state index is 12.0. The Bertz CT molecular complexity index is 519. The number of hydrogen-bond acceptors (Lipinski definition) is 3. The molecule has 1 fully saturated rings. The van der Waals surface area contributed by atoms with Crippen LogP contribution in [0.15, 0.2) is 18.2 Å². The first-order chi connectivity index (χ1) is 9.02. The number of halogens is 1. The van der Waals surface area contributed by atoms with Crippen LogP contribution in [0.4, 0.5) is 10.5 Å². The largest absolute Gasteiger partial charge is 0.398 e. The predicted molar refractivity (Wildman–Crippen MR) is 73.6 cm³/mol. The number of anilines is 1. The first kappa shape index (κ1) is 13.7. The second-order valence-corrected chi connectivity index (χ2v) is 4.98. The van der Waals surface area contributed by atoms with Crippen molar-refractivity contribution in [2.24, 2.45) is 0 Å². The molecule has 0 bridgehead atoms. The molecule has 1 aliphatic heterocycles. The number of nitrogens with two attached hydrogens (primary N) is 1. The summed E-state index contributed by atoms with van der Waals surface area (Å²) in [5.41, 5.74) is 6.92. The van der Waals surface area contributed by atoms with Gasteiger partial charge in [0.1, 0.15) is 6.04 Å². The van der Waals surface area contributed by atoms with Crippen LogP contribution in [0.25, 0.3) is 0 Å². The van der Waals surface area contributed by atoms with Gasteiger partial charge in [-0.1, -0.05) is 31.0 Å². The number of carbonyl (C=O) groups is 2. The molecule has 3 amide bonds. The van der Waals surface area contributed by atoms with Crippen molar-refractivity contribution in [3.05, 3.63) is 28.8 Å². The summed E-state index contributed by atoms with van der Waals surface area (Å²) in [5, 5.41) is 3.14. The monoisotopic (exact) mass is 281 g/mol. The van der Waals surface area contributed by atoms with Crippen LogP contribution < -0.4 is 11.1 Å². The molecule has 1 unspecified atom stereocenters. The Labute approximate surface area is 116 Å². The van der Waals surface area contributed by atoms with Gasteiger partial charge in [-0.2, -0.15) is 0 Å². The predicted octanol–water partition coefficient (Wildman–Crippen LogP) is 2.14. The van der Waals surface area contributed by atoms with Crippen LogP contribution in [0.2, 0.25) is 5.02 Å². The molecule has 6 heteroatoms. The highest BCUT2D eigenvalue weighted by molar-refractivity contribution is 6.33. The maximum atomic E-state index is 12.0. The van der Waals surface area contributed by atoms with Crippen LogP contribution in [-0.2, 0) is 11.3 Å². The number of benzene rings is 1. The molecule has 5 nitrogen and oxygen atoms in total. The molecule has 0 aliphatic carbocycles. The Morgan fingerprint density at radius 3 is 2.79 bits per heavy atom. The molecule has 3 N–H and O–H groups in total. The lowest BCUT2D eigenvalue weighted by Crippen LogP contribution is -2.30. The topological polar surface area (TPSA) is 75.4 Å². The quantitative estimate of drug-likeness (QED) is 0.656. The Morgan fingerprint density at radius 2 is 2.16 bits per heavy atom. The summed E-state index contributed by atoms with van der Waals surface area (Å²) in [7, 11) is 0. The zero-order chi connectivity index (χ0) is 14.0. The van der Waals surface area contributed by atoms with E-state index < -0.39 is 6.04 Å². The number of hydrogen-bond donors (Lipinski definition) is 2. The van der Waals surface area contributed by atoms with Crippen molar-refractivity contribution in [3.8, 4) is 0 Å². The van der Waals surface area contributed by atoms with Crippen LogP contribution in [0.3, 0.4) is 0 Å². The van der Waals surface area contributed by atoms with Crippen molar-refractivity contribution in [1.29, 1.82) is 0 Å². The summed E-state index contributed by atoms with van der Waals surface area (Å²) in [5.74, 6) is -0.180. The minimum absolute atomic E-state index is 0.180. The zero-order valence-electron chi connectivity index (χ0n) is 10.6. The van der Waals surface area contributed by atoms with Crippen LogP contribution in [0.5, 0.6) is 0 Å². The molecule has 0 aromatic heterocycles. The third kappa shape index (κ3) is 2.81. The highest BCUT2D eigenvalue weighted by Crippen LogP contribution is 2.21. The fourth-order valence-electron chi connectivity index (χ4n) is 2.09. The van der Waals surface area contributed by atoms with Gasteiger partial charge in [-0.05, 0) is 24.1 Å². The van der Waals surface area contributed by atoms with Crippen LogP contribution in [0.1, 0.15) is 25.3 Å². The summed E-state index contributed by atoms with van der Waals surface area (Å²) < 4.78 is 0. The summed E-state index contributed by atoms with van der Waals surface area (Å²) in [6.45, 7) is 2.19. The number of urea groups is 1. The Balaban J connectivity index is 2.12. The SMILES string of the molecule is CCCC1NC(=O)N(Cc2ccc(Cl)c(N)c2)C1=O. The number of amides is 3. The van der Waals surface area contributed by atoms with Crippen LogP contribution in [-0.4, -0.2) is 22.9 Å². The van der Waals surface area contributed by atoms with Gasteiger partial charge >= 0.3 is 6.03 Å². The van der Waals surface area contributed by atoms with E-state index in [0.29, 0.717) is 17.1 Å². The molecule has 1 saturated heterocycles. The second kappa shape index (κ2) is 5.48. The van der Waals surface area contributed by atoms with E-state index in [2.05, 4.69) is 5.32 Å².